The van der Waals surface area contributed by atoms with E-state index in [0.717, 1.165) is 16.3 Å². The van der Waals surface area contributed by atoms with Crippen molar-refractivity contribution in [3.63, 3.8) is 0 Å². The highest BCUT2D eigenvalue weighted by Gasteiger charge is 2.04. The Kier molecular flexibility index (Phi) is 3.17. The minimum Gasteiger partial charge on any atom is -0.507 e. The molecule has 3 aromatic rings. The van der Waals surface area contributed by atoms with Crippen molar-refractivity contribution in [2.24, 2.45) is 4.99 Å². The summed E-state index contributed by atoms with van der Waals surface area (Å²) in [5.41, 5.74) is 1.82. The molecule has 0 aliphatic rings. The van der Waals surface area contributed by atoms with Crippen molar-refractivity contribution in [1.82, 2.24) is 4.98 Å². The first kappa shape index (κ1) is 12.4. The Bertz CT molecular complexity index is 794. The van der Waals surface area contributed by atoms with Gasteiger partial charge >= 0.3 is 0 Å². The molecule has 0 amide bonds. The van der Waals surface area contributed by atoms with E-state index < -0.39 is 0 Å². The largest absolute Gasteiger partial charge is 0.507 e. The number of aromatic hydroxyl groups is 1. The van der Waals surface area contributed by atoms with Crippen LogP contribution in [0.3, 0.4) is 0 Å². The van der Waals surface area contributed by atoms with Crippen LogP contribution in [0.1, 0.15) is 11.1 Å². The van der Waals surface area contributed by atoms with Crippen molar-refractivity contribution in [3.05, 3.63) is 65.9 Å². The number of hydrogen-bond donors (Lipinski definition) is 1. The number of rotatable bonds is 2. The van der Waals surface area contributed by atoms with E-state index in [1.54, 1.807) is 18.5 Å². The summed E-state index contributed by atoms with van der Waals surface area (Å²) in [6.07, 6.45) is 3.39. The zero-order valence-electron chi connectivity index (χ0n) is 11.1. The van der Waals surface area contributed by atoms with Gasteiger partial charge in [0, 0.05) is 18.0 Å². The molecule has 0 unspecified atom stereocenters. The second kappa shape index (κ2) is 5.13. The van der Waals surface area contributed by atoms with Crippen LogP contribution in [0.25, 0.3) is 10.8 Å². The number of fused-ring (bicyclic) bond motifs is 1. The van der Waals surface area contributed by atoms with Gasteiger partial charge < -0.3 is 5.11 Å². The predicted molar refractivity (Wildman–Crippen MR) is 81.8 cm³/mol. The standard InChI is InChI=1S/C17H14N2O/c1-12-8-9-18-17(10-12)19-11-15-14-5-3-2-4-13(14)6-7-16(15)20/h2-11,20H,1H3. The van der Waals surface area contributed by atoms with Crippen LogP contribution in [0.4, 0.5) is 5.82 Å². The van der Waals surface area contributed by atoms with E-state index in [-0.39, 0.29) is 5.75 Å². The minimum absolute atomic E-state index is 0.222. The van der Waals surface area contributed by atoms with Gasteiger partial charge in [0.1, 0.15) is 5.75 Å². The highest BCUT2D eigenvalue weighted by atomic mass is 16.3. The van der Waals surface area contributed by atoms with Gasteiger partial charge in [-0.05, 0) is 41.5 Å². The summed E-state index contributed by atoms with van der Waals surface area (Å²) in [4.78, 5) is 8.54. The molecule has 3 nitrogen and oxygen atoms in total. The minimum atomic E-state index is 0.222. The molecule has 0 saturated heterocycles. The molecule has 3 heteroatoms. The summed E-state index contributed by atoms with van der Waals surface area (Å²) < 4.78 is 0. The quantitative estimate of drug-likeness (QED) is 0.709. The highest BCUT2D eigenvalue weighted by molar-refractivity contribution is 6.02. The van der Waals surface area contributed by atoms with E-state index in [2.05, 4.69) is 9.98 Å². The van der Waals surface area contributed by atoms with Crippen molar-refractivity contribution in [3.8, 4) is 5.75 Å². The maximum absolute atomic E-state index is 10.0. The van der Waals surface area contributed by atoms with Gasteiger partial charge in [0.05, 0.1) is 0 Å². The lowest BCUT2D eigenvalue weighted by molar-refractivity contribution is 0.475. The number of phenolic OH excluding ortho intramolecular Hbond substituents is 1. The molecule has 0 aliphatic heterocycles. The number of phenols is 1. The Labute approximate surface area is 117 Å². The average Bonchev–Trinajstić information content (AvgIpc) is 2.46. The first-order valence-electron chi connectivity index (χ1n) is 6.41. The molecule has 0 atom stereocenters. The number of aliphatic imine (C=N–C) groups is 1. The lowest BCUT2D eigenvalue weighted by Crippen LogP contribution is -1.86. The lowest BCUT2D eigenvalue weighted by Gasteiger charge is -2.04. The van der Waals surface area contributed by atoms with E-state index in [9.17, 15) is 5.11 Å². The Morgan fingerprint density at radius 1 is 1.10 bits per heavy atom. The van der Waals surface area contributed by atoms with Gasteiger partial charge in [0.2, 0.25) is 0 Å². The van der Waals surface area contributed by atoms with E-state index in [4.69, 9.17) is 0 Å². The van der Waals surface area contributed by atoms with Crippen molar-refractivity contribution in [2.45, 2.75) is 6.92 Å². The molecule has 1 aromatic heterocycles. The summed E-state index contributed by atoms with van der Waals surface area (Å²) in [5.74, 6) is 0.859. The fourth-order valence-corrected chi connectivity index (χ4v) is 2.14. The Morgan fingerprint density at radius 3 is 2.80 bits per heavy atom. The molecule has 0 fully saturated rings. The molecule has 98 valence electrons. The highest BCUT2D eigenvalue weighted by Crippen LogP contribution is 2.26. The molecular formula is C17H14N2O. The summed E-state index contributed by atoms with van der Waals surface area (Å²) in [7, 11) is 0. The topological polar surface area (TPSA) is 45.5 Å². The molecule has 2 aromatic carbocycles. The van der Waals surface area contributed by atoms with E-state index in [1.807, 2.05) is 49.4 Å². The summed E-state index contributed by atoms with van der Waals surface area (Å²) in [6.45, 7) is 2.00. The second-order valence-electron chi connectivity index (χ2n) is 4.67. The third-order valence-electron chi connectivity index (χ3n) is 3.17. The van der Waals surface area contributed by atoms with Gasteiger partial charge in [0.25, 0.3) is 0 Å². The normalized spacial score (nSPS) is 11.2. The van der Waals surface area contributed by atoms with Gasteiger partial charge in [-0.15, -0.1) is 0 Å². The second-order valence-corrected chi connectivity index (χ2v) is 4.67. The SMILES string of the molecule is Cc1ccnc(N=Cc2c(O)ccc3ccccc23)c1. The molecule has 1 N–H and O–H groups in total. The number of nitrogens with zero attached hydrogens (tertiary/aromatic N) is 2. The fourth-order valence-electron chi connectivity index (χ4n) is 2.14. The zero-order valence-corrected chi connectivity index (χ0v) is 11.1. The molecule has 0 spiro atoms. The number of aromatic nitrogens is 1. The maximum atomic E-state index is 10.0. The van der Waals surface area contributed by atoms with Crippen LogP contribution in [0, 0.1) is 6.92 Å². The van der Waals surface area contributed by atoms with Crippen LogP contribution in [-0.2, 0) is 0 Å². The van der Waals surface area contributed by atoms with Gasteiger partial charge in [-0.3, -0.25) is 0 Å². The first-order chi connectivity index (χ1) is 9.74. The molecular weight excluding hydrogens is 248 g/mol. The van der Waals surface area contributed by atoms with E-state index in [1.165, 1.54) is 0 Å². The van der Waals surface area contributed by atoms with E-state index in [0.29, 0.717) is 11.4 Å². The zero-order chi connectivity index (χ0) is 13.9. The van der Waals surface area contributed by atoms with Crippen LogP contribution in [-0.4, -0.2) is 16.3 Å². The van der Waals surface area contributed by atoms with Crippen molar-refractivity contribution >= 4 is 22.8 Å². The fraction of sp³-hybridized carbons (Fsp3) is 0.0588. The monoisotopic (exact) mass is 262 g/mol. The van der Waals surface area contributed by atoms with Crippen LogP contribution in [0.15, 0.2) is 59.7 Å². The van der Waals surface area contributed by atoms with Crippen LogP contribution < -0.4 is 0 Å². The smallest absolute Gasteiger partial charge is 0.151 e. The maximum Gasteiger partial charge on any atom is 0.151 e. The first-order valence-corrected chi connectivity index (χ1v) is 6.41. The average molecular weight is 262 g/mol. The summed E-state index contributed by atoms with van der Waals surface area (Å²) >= 11 is 0. The van der Waals surface area contributed by atoms with Crippen molar-refractivity contribution in [1.29, 1.82) is 0 Å². The van der Waals surface area contributed by atoms with Crippen LogP contribution >= 0.6 is 0 Å². The van der Waals surface area contributed by atoms with Crippen molar-refractivity contribution in [2.75, 3.05) is 0 Å². The van der Waals surface area contributed by atoms with Crippen LogP contribution in [0.2, 0.25) is 0 Å². The van der Waals surface area contributed by atoms with Gasteiger partial charge in [-0.1, -0.05) is 30.3 Å². The summed E-state index contributed by atoms with van der Waals surface area (Å²) in [6, 6.07) is 15.3. The van der Waals surface area contributed by atoms with Gasteiger partial charge in [-0.25, -0.2) is 9.98 Å². The van der Waals surface area contributed by atoms with Crippen molar-refractivity contribution < 1.29 is 5.11 Å². The van der Waals surface area contributed by atoms with Gasteiger partial charge in [-0.2, -0.15) is 0 Å². The number of hydrogen-bond acceptors (Lipinski definition) is 3. The molecule has 0 radical (unpaired) electrons. The predicted octanol–water partition coefficient (Wildman–Crippen LogP) is 4.00. The number of pyridine rings is 1. The number of aryl methyl sites for hydroxylation is 1. The lowest BCUT2D eigenvalue weighted by atomic mass is 10.0. The Balaban J connectivity index is 2.08. The molecule has 3 rings (SSSR count). The van der Waals surface area contributed by atoms with Crippen LogP contribution in [0.5, 0.6) is 5.75 Å². The van der Waals surface area contributed by atoms with Gasteiger partial charge in [0.15, 0.2) is 5.82 Å². The van der Waals surface area contributed by atoms with E-state index >= 15 is 0 Å². The third-order valence-corrected chi connectivity index (χ3v) is 3.17. The molecule has 20 heavy (non-hydrogen) atoms. The summed E-state index contributed by atoms with van der Waals surface area (Å²) in [5, 5.41) is 12.1. The molecule has 0 saturated carbocycles. The Hall–Kier alpha value is -2.68. The molecule has 0 aliphatic carbocycles. The Morgan fingerprint density at radius 2 is 1.95 bits per heavy atom. The third kappa shape index (κ3) is 2.38. The number of benzene rings is 2. The molecule has 0 bridgehead atoms. The molecule has 1 heterocycles.